The van der Waals surface area contributed by atoms with Gasteiger partial charge in [0.2, 0.25) is 0 Å². The van der Waals surface area contributed by atoms with E-state index in [-0.39, 0.29) is 5.91 Å². The van der Waals surface area contributed by atoms with Gasteiger partial charge in [0.1, 0.15) is 0 Å². The molecule has 1 aliphatic rings. The Morgan fingerprint density at radius 3 is 2.50 bits per heavy atom. The molecule has 190 valence electrons. The van der Waals surface area contributed by atoms with Crippen LogP contribution in [0, 0.1) is 0 Å². The van der Waals surface area contributed by atoms with E-state index in [9.17, 15) is 4.79 Å². The monoisotopic (exact) mass is 502 g/mol. The predicted octanol–water partition coefficient (Wildman–Crippen LogP) is 5.85. The summed E-state index contributed by atoms with van der Waals surface area (Å²) in [4.78, 5) is 24.6. The molecule has 0 spiro atoms. The summed E-state index contributed by atoms with van der Waals surface area (Å²) in [6.07, 6.45) is 11.9. The second kappa shape index (κ2) is 10.9. The lowest BCUT2D eigenvalue weighted by molar-refractivity contribution is 0.102. The standard InChI is InChI=1S/C31H30N6O/c38-31(34-27-15-23(17-33-20-27)13-22-7-3-1-4-8-22)30-28-16-25(9-10-29(28)35-36-30)26-14-24(18-32-19-26)21-37-11-5-2-6-12-37/h1,3-4,7-10,14-20H,2,5-6,11-13,21H2,(H,34,38)(H,35,36). The van der Waals surface area contributed by atoms with Crippen LogP contribution in [-0.4, -0.2) is 44.1 Å². The maximum absolute atomic E-state index is 13.2. The highest BCUT2D eigenvalue weighted by Gasteiger charge is 2.16. The maximum Gasteiger partial charge on any atom is 0.276 e. The highest BCUT2D eigenvalue weighted by molar-refractivity contribution is 6.11. The van der Waals surface area contributed by atoms with Crippen molar-refractivity contribution in [2.75, 3.05) is 18.4 Å². The van der Waals surface area contributed by atoms with Crippen molar-refractivity contribution >= 4 is 22.5 Å². The van der Waals surface area contributed by atoms with E-state index in [0.29, 0.717) is 11.4 Å². The van der Waals surface area contributed by atoms with E-state index >= 15 is 0 Å². The van der Waals surface area contributed by atoms with Gasteiger partial charge in [-0.05, 0) is 78.9 Å². The number of piperidine rings is 1. The van der Waals surface area contributed by atoms with Crippen molar-refractivity contribution in [3.05, 3.63) is 108 Å². The average Bonchev–Trinajstić information content (AvgIpc) is 3.38. The number of likely N-dealkylation sites (tertiary alicyclic amines) is 1. The highest BCUT2D eigenvalue weighted by atomic mass is 16.1. The summed E-state index contributed by atoms with van der Waals surface area (Å²) in [5, 5.41) is 11.1. The number of H-pyrrole nitrogens is 1. The topological polar surface area (TPSA) is 86.8 Å². The molecule has 5 aromatic rings. The van der Waals surface area contributed by atoms with Crippen molar-refractivity contribution in [2.45, 2.75) is 32.2 Å². The van der Waals surface area contributed by atoms with Crippen LogP contribution in [0.1, 0.15) is 46.4 Å². The molecule has 38 heavy (non-hydrogen) atoms. The van der Waals surface area contributed by atoms with E-state index in [0.717, 1.165) is 53.6 Å². The summed E-state index contributed by atoms with van der Waals surface area (Å²) in [6, 6.07) is 20.4. The number of nitrogens with one attached hydrogen (secondary N) is 2. The first-order valence-electron chi connectivity index (χ1n) is 13.2. The van der Waals surface area contributed by atoms with Gasteiger partial charge >= 0.3 is 0 Å². The Hall–Kier alpha value is -4.36. The van der Waals surface area contributed by atoms with Gasteiger partial charge in [0.15, 0.2) is 5.69 Å². The number of carbonyl (C=O) groups excluding carboxylic acids is 1. The Kier molecular flexibility index (Phi) is 6.91. The molecule has 0 atom stereocenters. The normalized spacial score (nSPS) is 14.0. The van der Waals surface area contributed by atoms with Crippen molar-refractivity contribution in [3.8, 4) is 11.1 Å². The highest BCUT2D eigenvalue weighted by Crippen LogP contribution is 2.27. The molecular weight excluding hydrogens is 472 g/mol. The van der Waals surface area contributed by atoms with Crippen LogP contribution in [0.2, 0.25) is 0 Å². The van der Waals surface area contributed by atoms with Gasteiger partial charge in [0.25, 0.3) is 5.91 Å². The number of rotatable bonds is 7. The second-order valence-corrected chi connectivity index (χ2v) is 9.95. The smallest absolute Gasteiger partial charge is 0.276 e. The van der Waals surface area contributed by atoms with Crippen molar-refractivity contribution in [3.63, 3.8) is 0 Å². The number of aromatic amines is 1. The van der Waals surface area contributed by atoms with Gasteiger partial charge in [-0.1, -0.05) is 42.8 Å². The van der Waals surface area contributed by atoms with Gasteiger partial charge in [0, 0.05) is 36.1 Å². The van der Waals surface area contributed by atoms with E-state index in [4.69, 9.17) is 0 Å². The van der Waals surface area contributed by atoms with E-state index in [1.54, 1.807) is 6.20 Å². The van der Waals surface area contributed by atoms with Crippen LogP contribution in [-0.2, 0) is 13.0 Å². The summed E-state index contributed by atoms with van der Waals surface area (Å²) in [5.41, 5.74) is 7.28. The molecule has 0 saturated carbocycles. The molecule has 0 unspecified atom stereocenters. The van der Waals surface area contributed by atoms with Crippen LogP contribution >= 0.6 is 0 Å². The van der Waals surface area contributed by atoms with E-state index in [1.165, 1.54) is 30.4 Å². The first-order valence-corrected chi connectivity index (χ1v) is 13.2. The molecule has 4 heterocycles. The first kappa shape index (κ1) is 24.0. The minimum Gasteiger partial charge on any atom is -0.319 e. The summed E-state index contributed by atoms with van der Waals surface area (Å²) in [7, 11) is 0. The Bertz CT molecular complexity index is 1560. The minimum absolute atomic E-state index is 0.274. The Morgan fingerprint density at radius 2 is 1.63 bits per heavy atom. The molecule has 1 amide bonds. The van der Waals surface area contributed by atoms with E-state index in [1.807, 2.05) is 61.1 Å². The molecule has 7 heteroatoms. The van der Waals surface area contributed by atoms with Gasteiger partial charge in [-0.2, -0.15) is 5.10 Å². The second-order valence-electron chi connectivity index (χ2n) is 9.95. The van der Waals surface area contributed by atoms with Gasteiger partial charge < -0.3 is 5.32 Å². The zero-order chi connectivity index (χ0) is 25.7. The fourth-order valence-corrected chi connectivity index (χ4v) is 5.15. The van der Waals surface area contributed by atoms with E-state index < -0.39 is 0 Å². The molecule has 6 rings (SSSR count). The number of aromatic nitrogens is 4. The Balaban J connectivity index is 1.21. The number of fused-ring (bicyclic) bond motifs is 1. The van der Waals surface area contributed by atoms with Crippen molar-refractivity contribution in [2.24, 2.45) is 0 Å². The Morgan fingerprint density at radius 1 is 0.816 bits per heavy atom. The SMILES string of the molecule is O=C(Nc1cncc(Cc2ccccc2)c1)c1n[nH]c2ccc(-c3cncc(CN4CCCCC4)c3)cc12. The molecule has 0 aliphatic carbocycles. The first-order chi connectivity index (χ1) is 18.7. The third-order valence-electron chi connectivity index (χ3n) is 7.06. The molecule has 1 aliphatic heterocycles. The summed E-state index contributed by atoms with van der Waals surface area (Å²) in [5.74, 6) is -0.274. The molecule has 0 bridgehead atoms. The van der Waals surface area contributed by atoms with Gasteiger partial charge in [-0.15, -0.1) is 0 Å². The fourth-order valence-electron chi connectivity index (χ4n) is 5.15. The number of benzene rings is 2. The summed E-state index contributed by atoms with van der Waals surface area (Å²) in [6.45, 7) is 3.21. The van der Waals surface area contributed by atoms with E-state index in [2.05, 4.69) is 48.6 Å². The van der Waals surface area contributed by atoms with Crippen LogP contribution in [0.5, 0.6) is 0 Å². The number of hydrogen-bond donors (Lipinski definition) is 2. The molecule has 0 radical (unpaired) electrons. The number of pyridine rings is 2. The van der Waals surface area contributed by atoms with Crippen LogP contribution in [0.4, 0.5) is 5.69 Å². The van der Waals surface area contributed by atoms with Crippen LogP contribution in [0.3, 0.4) is 0 Å². The number of nitrogens with zero attached hydrogens (tertiary/aromatic N) is 4. The van der Waals surface area contributed by atoms with Crippen LogP contribution in [0.15, 0.2) is 85.5 Å². The molecule has 1 saturated heterocycles. The molecule has 2 aromatic carbocycles. The third kappa shape index (κ3) is 5.48. The molecular formula is C31H30N6O. The summed E-state index contributed by atoms with van der Waals surface area (Å²) < 4.78 is 0. The average molecular weight is 503 g/mol. The minimum atomic E-state index is -0.274. The van der Waals surface area contributed by atoms with Crippen LogP contribution in [0.25, 0.3) is 22.0 Å². The third-order valence-corrected chi connectivity index (χ3v) is 7.06. The fraction of sp³-hybridized carbons (Fsp3) is 0.226. The number of anilines is 1. The molecule has 2 N–H and O–H groups in total. The van der Waals surface area contributed by atoms with Gasteiger partial charge in [0.05, 0.1) is 17.4 Å². The number of carbonyl (C=O) groups is 1. The zero-order valence-corrected chi connectivity index (χ0v) is 21.2. The van der Waals surface area contributed by atoms with Crippen molar-refractivity contribution in [1.82, 2.24) is 25.1 Å². The maximum atomic E-state index is 13.2. The lowest BCUT2D eigenvalue weighted by Crippen LogP contribution is -2.29. The molecule has 1 fully saturated rings. The number of amides is 1. The Labute approximate surface area is 222 Å². The van der Waals surface area contributed by atoms with Crippen LogP contribution < -0.4 is 5.32 Å². The lowest BCUT2D eigenvalue weighted by atomic mass is 10.0. The quantitative estimate of drug-likeness (QED) is 0.292. The largest absolute Gasteiger partial charge is 0.319 e. The zero-order valence-electron chi connectivity index (χ0n) is 21.2. The predicted molar refractivity (Wildman–Crippen MR) is 150 cm³/mol. The molecule has 3 aromatic heterocycles. The van der Waals surface area contributed by atoms with Gasteiger partial charge in [-0.3, -0.25) is 24.8 Å². The van der Waals surface area contributed by atoms with Crippen molar-refractivity contribution < 1.29 is 4.79 Å². The number of hydrogen-bond acceptors (Lipinski definition) is 5. The summed E-state index contributed by atoms with van der Waals surface area (Å²) >= 11 is 0. The van der Waals surface area contributed by atoms with Crippen molar-refractivity contribution in [1.29, 1.82) is 0 Å². The molecule has 7 nitrogen and oxygen atoms in total. The van der Waals surface area contributed by atoms with Gasteiger partial charge in [-0.25, -0.2) is 0 Å². The lowest BCUT2D eigenvalue weighted by Gasteiger charge is -2.26.